The molecule has 1 fully saturated rings. The van der Waals surface area contributed by atoms with Crippen LogP contribution in [0.3, 0.4) is 0 Å². The van der Waals surface area contributed by atoms with Gasteiger partial charge in [-0.1, -0.05) is 48.5 Å². The van der Waals surface area contributed by atoms with Crippen molar-refractivity contribution >= 4 is 12.1 Å². The Morgan fingerprint density at radius 3 is 2.51 bits per heavy atom. The van der Waals surface area contributed by atoms with E-state index in [0.717, 1.165) is 44.9 Å². The van der Waals surface area contributed by atoms with Crippen molar-refractivity contribution in [1.29, 1.82) is 0 Å². The number of amides is 1. The molecule has 0 radical (unpaired) electrons. The lowest BCUT2D eigenvalue weighted by molar-refractivity contribution is -0.180. The lowest BCUT2D eigenvalue weighted by Crippen LogP contribution is -2.35. The lowest BCUT2D eigenvalue weighted by atomic mass is 10.0. The normalized spacial score (nSPS) is 16.6. The Kier molecular flexibility index (Phi) is 9.75. The molecule has 1 saturated heterocycles. The molecule has 0 unspecified atom stereocenters. The zero-order chi connectivity index (χ0) is 32.8. The first-order chi connectivity index (χ1) is 22.8. The molecule has 2 aliphatic rings. The molecule has 4 aromatic carbocycles. The number of carbonyl (C=O) groups excluding carboxylic acids is 2. The Morgan fingerprint density at radius 2 is 1.70 bits per heavy atom. The van der Waals surface area contributed by atoms with E-state index in [1.165, 1.54) is 7.11 Å². The van der Waals surface area contributed by atoms with Gasteiger partial charge in [0.25, 0.3) is 0 Å². The van der Waals surface area contributed by atoms with Gasteiger partial charge in [0.1, 0.15) is 24.2 Å². The summed E-state index contributed by atoms with van der Waals surface area (Å²) in [5.41, 5.74) is 6.48. The first-order valence-corrected chi connectivity index (χ1v) is 15.7. The van der Waals surface area contributed by atoms with Crippen molar-refractivity contribution in [3.8, 4) is 22.6 Å². The molecular weight excluding hydrogens is 598 g/mol. The summed E-state index contributed by atoms with van der Waals surface area (Å²) < 4.78 is 33.9. The minimum absolute atomic E-state index is 0.305. The van der Waals surface area contributed by atoms with Gasteiger partial charge >= 0.3 is 12.1 Å². The van der Waals surface area contributed by atoms with E-state index >= 15 is 0 Å². The van der Waals surface area contributed by atoms with Gasteiger partial charge in [0, 0.05) is 26.0 Å². The molecule has 0 aromatic heterocycles. The summed E-state index contributed by atoms with van der Waals surface area (Å²) in [6.07, 6.45) is 0.0775. The van der Waals surface area contributed by atoms with Crippen molar-refractivity contribution < 1.29 is 38.0 Å². The molecule has 4 aromatic rings. The highest BCUT2D eigenvalue weighted by molar-refractivity contribution is 5.91. The Labute approximate surface area is 274 Å². The fraction of sp³-hybridized carbons (Fsp3) is 0.316. The number of ether oxygens (including phenoxy) is 6. The first-order valence-electron chi connectivity index (χ1n) is 15.7. The molecule has 1 amide bonds. The van der Waals surface area contributed by atoms with Crippen LogP contribution < -0.4 is 9.47 Å². The van der Waals surface area contributed by atoms with Crippen LogP contribution in [-0.4, -0.2) is 56.2 Å². The fourth-order valence-electron chi connectivity index (χ4n) is 5.63. The smallest absolute Gasteiger partial charge is 0.410 e. The van der Waals surface area contributed by atoms with E-state index in [1.54, 1.807) is 11.0 Å². The number of fused-ring (bicyclic) bond motifs is 1. The topological polar surface area (TPSA) is 92.8 Å². The van der Waals surface area contributed by atoms with Crippen LogP contribution in [0, 0.1) is 0 Å². The van der Waals surface area contributed by atoms with Crippen molar-refractivity contribution in [3.63, 3.8) is 0 Å². The Hall–Kier alpha value is -4.86. The van der Waals surface area contributed by atoms with Crippen molar-refractivity contribution in [2.45, 2.75) is 45.4 Å². The third-order valence-corrected chi connectivity index (χ3v) is 8.18. The minimum Gasteiger partial charge on any atom is -0.491 e. The van der Waals surface area contributed by atoms with Crippen LogP contribution in [0.15, 0.2) is 91.0 Å². The highest BCUT2D eigenvalue weighted by atomic mass is 16.7. The van der Waals surface area contributed by atoms with Crippen LogP contribution in [-0.2, 0) is 38.6 Å². The van der Waals surface area contributed by atoms with Gasteiger partial charge in [0.15, 0.2) is 0 Å². The van der Waals surface area contributed by atoms with Crippen LogP contribution >= 0.6 is 0 Å². The fourth-order valence-corrected chi connectivity index (χ4v) is 5.63. The van der Waals surface area contributed by atoms with Crippen molar-refractivity contribution in [3.05, 3.63) is 119 Å². The highest BCUT2D eigenvalue weighted by Gasteiger charge is 2.34. The SMILES string of the molecule is COC(=O)c1cccc(-c2cccc(COCCOc3ccc(CCN4C[C@@H](c5ccc6c(c5)COC(C)(C)O6)OC4=O)cc3)c2)c1. The molecule has 244 valence electrons. The molecule has 0 spiro atoms. The quantitative estimate of drug-likeness (QED) is 0.120. The van der Waals surface area contributed by atoms with Gasteiger partial charge in [-0.2, -0.15) is 0 Å². The van der Waals surface area contributed by atoms with Crippen LogP contribution in [0.2, 0.25) is 0 Å². The predicted octanol–water partition coefficient (Wildman–Crippen LogP) is 7.12. The molecule has 6 rings (SSSR count). The number of rotatable bonds is 12. The van der Waals surface area contributed by atoms with Gasteiger partial charge in [-0.3, -0.25) is 0 Å². The summed E-state index contributed by atoms with van der Waals surface area (Å²) >= 11 is 0. The Morgan fingerprint density at radius 1 is 0.915 bits per heavy atom. The lowest BCUT2D eigenvalue weighted by Gasteiger charge is -2.32. The van der Waals surface area contributed by atoms with Gasteiger partial charge in [-0.05, 0) is 76.7 Å². The molecule has 2 aliphatic heterocycles. The Bertz CT molecular complexity index is 1720. The minimum atomic E-state index is -0.649. The number of methoxy groups -OCH3 is 1. The molecular formula is C38H39NO8. The number of benzene rings is 4. The average molecular weight is 638 g/mol. The number of hydrogen-bond acceptors (Lipinski definition) is 8. The summed E-state index contributed by atoms with van der Waals surface area (Å²) in [5.74, 6) is 0.551. The van der Waals surface area contributed by atoms with Crippen LogP contribution in [0.5, 0.6) is 11.5 Å². The molecule has 1 atom stereocenters. The van der Waals surface area contributed by atoms with E-state index in [2.05, 4.69) is 6.07 Å². The molecule has 0 bridgehead atoms. The second kappa shape index (κ2) is 14.3. The number of cyclic esters (lactones) is 1. The third kappa shape index (κ3) is 8.11. The van der Waals surface area contributed by atoms with Gasteiger partial charge < -0.3 is 33.3 Å². The standard InChI is InChI=1S/C38H39NO8/c1-38(2)45-25-32-22-30(12-15-34(32)47-38)35-23-39(37(41)46-35)17-16-26-10-13-33(14-11-26)44-19-18-43-24-27-6-4-7-28(20-27)29-8-5-9-31(21-29)36(40)42-3/h4-15,20-22,35H,16-19,23-25H2,1-3H3/t35-/m0/s1. The number of nitrogens with zero attached hydrogens (tertiary/aromatic N) is 1. The van der Waals surface area contributed by atoms with Crippen LogP contribution in [0.25, 0.3) is 11.1 Å². The molecule has 9 nitrogen and oxygen atoms in total. The second-order valence-electron chi connectivity index (χ2n) is 12.0. The molecule has 0 N–H and O–H groups in total. The monoisotopic (exact) mass is 637 g/mol. The van der Waals surface area contributed by atoms with Gasteiger partial charge in [-0.25, -0.2) is 9.59 Å². The van der Waals surface area contributed by atoms with E-state index in [9.17, 15) is 9.59 Å². The number of hydrogen-bond donors (Lipinski definition) is 0. The summed E-state index contributed by atoms with van der Waals surface area (Å²) in [4.78, 5) is 26.2. The number of esters is 1. The van der Waals surface area contributed by atoms with Crippen molar-refractivity contribution in [2.24, 2.45) is 0 Å². The van der Waals surface area contributed by atoms with E-state index in [-0.39, 0.29) is 18.2 Å². The maximum Gasteiger partial charge on any atom is 0.410 e. The third-order valence-electron chi connectivity index (χ3n) is 8.18. The van der Waals surface area contributed by atoms with E-state index in [0.29, 0.717) is 51.5 Å². The largest absolute Gasteiger partial charge is 0.491 e. The van der Waals surface area contributed by atoms with Gasteiger partial charge in [0.2, 0.25) is 5.79 Å². The summed E-state index contributed by atoms with van der Waals surface area (Å²) in [7, 11) is 1.38. The predicted molar refractivity (Wildman–Crippen MR) is 175 cm³/mol. The van der Waals surface area contributed by atoms with Gasteiger partial charge in [-0.15, -0.1) is 0 Å². The van der Waals surface area contributed by atoms with E-state index in [4.69, 9.17) is 28.4 Å². The van der Waals surface area contributed by atoms with Crippen LogP contribution in [0.1, 0.15) is 52.6 Å². The molecule has 47 heavy (non-hydrogen) atoms. The summed E-state index contributed by atoms with van der Waals surface area (Å²) in [5, 5.41) is 0. The molecule has 0 aliphatic carbocycles. The molecule has 9 heteroatoms. The maximum absolute atomic E-state index is 12.6. The number of carbonyl (C=O) groups is 2. The van der Waals surface area contributed by atoms with Crippen molar-refractivity contribution in [1.82, 2.24) is 4.90 Å². The van der Waals surface area contributed by atoms with E-state index in [1.807, 2.05) is 92.7 Å². The summed E-state index contributed by atoms with van der Waals surface area (Å²) in [6.45, 7) is 6.59. The second-order valence-corrected chi connectivity index (χ2v) is 12.0. The first kappa shape index (κ1) is 32.1. The molecule has 2 heterocycles. The Balaban J connectivity index is 0.919. The van der Waals surface area contributed by atoms with E-state index < -0.39 is 5.79 Å². The van der Waals surface area contributed by atoms with Gasteiger partial charge in [0.05, 0.1) is 39.0 Å². The van der Waals surface area contributed by atoms with Crippen molar-refractivity contribution in [2.75, 3.05) is 33.4 Å². The van der Waals surface area contributed by atoms with Crippen LogP contribution in [0.4, 0.5) is 4.79 Å². The summed E-state index contributed by atoms with van der Waals surface area (Å²) in [6, 6.07) is 29.2. The zero-order valence-electron chi connectivity index (χ0n) is 26.9. The zero-order valence-corrected chi connectivity index (χ0v) is 26.9. The average Bonchev–Trinajstić information content (AvgIpc) is 3.47. The highest BCUT2D eigenvalue weighted by Crippen LogP contribution is 2.35. The molecule has 0 saturated carbocycles. The maximum atomic E-state index is 12.6.